The van der Waals surface area contributed by atoms with Crippen LogP contribution in [0.3, 0.4) is 0 Å². The average molecular weight is 273 g/mol. The third-order valence-electron chi connectivity index (χ3n) is 2.98. The third-order valence-corrected chi connectivity index (χ3v) is 4.51. The topological polar surface area (TPSA) is 0 Å². The molecule has 17 heavy (non-hydrogen) atoms. The van der Waals surface area contributed by atoms with Crippen LogP contribution in [0.1, 0.15) is 51.4 Å². The van der Waals surface area contributed by atoms with Crippen LogP contribution >= 0.6 is 0 Å². The van der Waals surface area contributed by atoms with Crippen LogP contribution in [0.2, 0.25) is 0 Å². The van der Waals surface area contributed by atoms with Crippen molar-refractivity contribution in [3.05, 3.63) is 45.5 Å². The van der Waals surface area contributed by atoms with E-state index < -0.39 is 0 Å². The molecular weight excluding hydrogens is 251 g/mol. The fourth-order valence-electron chi connectivity index (χ4n) is 2.03. The summed E-state index contributed by atoms with van der Waals surface area (Å²) in [6.07, 6.45) is 24.0. The first kappa shape index (κ1) is 12.9. The van der Waals surface area contributed by atoms with Gasteiger partial charge in [0.1, 0.15) is 0 Å². The molecule has 0 unspecified atom stereocenters. The molecule has 2 aliphatic rings. The van der Waals surface area contributed by atoms with Crippen LogP contribution in [0.4, 0.5) is 0 Å². The Labute approximate surface area is 111 Å². The van der Waals surface area contributed by atoms with Gasteiger partial charge >= 0.3 is 111 Å². The normalized spacial score (nSPS) is 22.1. The number of rotatable bonds is 2. The molecule has 0 fully saturated rings. The minimum absolute atomic E-state index is 1.22. The second-order valence-corrected chi connectivity index (χ2v) is 5.99. The molecule has 0 N–H and O–H groups in total. The summed E-state index contributed by atoms with van der Waals surface area (Å²) in [5, 5.41) is 0. The quantitative estimate of drug-likeness (QED) is 0.485. The summed E-state index contributed by atoms with van der Waals surface area (Å²) >= 11 is 1.84. The fraction of sp³-hybridized carbons (Fsp3) is 0.500. The van der Waals surface area contributed by atoms with Gasteiger partial charge in [-0.05, 0) is 0 Å². The van der Waals surface area contributed by atoms with Crippen molar-refractivity contribution < 1.29 is 14.4 Å². The van der Waals surface area contributed by atoms with Crippen molar-refractivity contribution in [2.45, 2.75) is 51.4 Å². The Morgan fingerprint density at radius 3 is 1.59 bits per heavy atom. The van der Waals surface area contributed by atoms with E-state index in [0.717, 1.165) is 0 Å². The van der Waals surface area contributed by atoms with Crippen molar-refractivity contribution in [3.63, 3.8) is 0 Å². The minimum atomic E-state index is 1.22. The molecule has 2 rings (SSSR count). The van der Waals surface area contributed by atoms with E-state index in [-0.39, 0.29) is 0 Å². The van der Waals surface area contributed by atoms with Crippen LogP contribution < -0.4 is 0 Å². The number of hydrogen-bond donors (Lipinski definition) is 0. The summed E-state index contributed by atoms with van der Waals surface area (Å²) < 4.78 is 3.22. The first-order valence-corrected chi connectivity index (χ1v) is 7.70. The van der Waals surface area contributed by atoms with Gasteiger partial charge in [-0.25, -0.2) is 0 Å². The van der Waals surface area contributed by atoms with Gasteiger partial charge in [0.25, 0.3) is 0 Å². The van der Waals surface area contributed by atoms with Gasteiger partial charge in [-0.1, -0.05) is 0 Å². The van der Waals surface area contributed by atoms with Gasteiger partial charge in [0.05, 0.1) is 0 Å². The molecule has 0 aromatic rings. The molecule has 0 heterocycles. The van der Waals surface area contributed by atoms with Gasteiger partial charge < -0.3 is 0 Å². The predicted molar refractivity (Wildman–Crippen MR) is 71.4 cm³/mol. The monoisotopic (exact) mass is 272 g/mol. The Balaban J connectivity index is 1.89. The maximum atomic E-state index is 2.46. The van der Waals surface area contributed by atoms with Crippen molar-refractivity contribution in [3.8, 4) is 0 Å². The third kappa shape index (κ3) is 5.08. The molecule has 0 nitrogen and oxygen atoms in total. The SMILES string of the molecule is C1=CCC[C]([Ni-2][C]2=CCCC=CCC2)=CCC1. The molecule has 0 spiro atoms. The zero-order valence-corrected chi connectivity index (χ0v) is 11.4. The van der Waals surface area contributed by atoms with E-state index in [4.69, 9.17) is 0 Å². The maximum absolute atomic E-state index is 2.46. The predicted octanol–water partition coefficient (Wildman–Crippen LogP) is 5.10. The number of hydrogen-bond acceptors (Lipinski definition) is 0. The molecule has 98 valence electrons. The van der Waals surface area contributed by atoms with Crippen LogP contribution in [0.5, 0.6) is 0 Å². The fourth-order valence-corrected chi connectivity index (χ4v) is 3.45. The van der Waals surface area contributed by atoms with E-state index in [1.54, 1.807) is 9.09 Å². The first-order chi connectivity index (χ1) is 8.45. The summed E-state index contributed by atoms with van der Waals surface area (Å²) in [4.78, 5) is 0. The molecule has 0 bridgehead atoms. The molecule has 0 saturated carbocycles. The van der Waals surface area contributed by atoms with E-state index in [2.05, 4.69) is 36.5 Å². The van der Waals surface area contributed by atoms with E-state index in [9.17, 15) is 0 Å². The Hall–Kier alpha value is -0.546. The van der Waals surface area contributed by atoms with E-state index >= 15 is 0 Å². The Kier molecular flexibility index (Phi) is 5.86. The molecule has 0 aromatic heterocycles. The summed E-state index contributed by atoms with van der Waals surface area (Å²) in [5.41, 5.74) is 0. The van der Waals surface area contributed by atoms with E-state index in [0.29, 0.717) is 0 Å². The molecule has 0 saturated heterocycles. The molecule has 0 atom stereocenters. The molecule has 0 aromatic carbocycles. The Morgan fingerprint density at radius 1 is 0.588 bits per heavy atom. The Bertz CT molecular complexity index is 311. The van der Waals surface area contributed by atoms with Crippen LogP contribution in [0.15, 0.2) is 45.5 Å². The van der Waals surface area contributed by atoms with Crippen molar-refractivity contribution in [2.75, 3.05) is 0 Å². The molecule has 0 aliphatic heterocycles. The second-order valence-electron chi connectivity index (χ2n) is 4.48. The summed E-state index contributed by atoms with van der Waals surface area (Å²) in [6.45, 7) is 0. The molecule has 0 amide bonds. The molecular formula is C16H22Ni-2. The number of allylic oxidation sites excluding steroid dienone is 8. The first-order valence-electron chi connectivity index (χ1n) is 6.72. The molecule has 2 aliphatic carbocycles. The van der Waals surface area contributed by atoms with Crippen molar-refractivity contribution in [1.82, 2.24) is 0 Å². The van der Waals surface area contributed by atoms with Gasteiger partial charge in [0.2, 0.25) is 0 Å². The van der Waals surface area contributed by atoms with Crippen LogP contribution in [0.25, 0.3) is 0 Å². The van der Waals surface area contributed by atoms with Gasteiger partial charge in [0.15, 0.2) is 0 Å². The van der Waals surface area contributed by atoms with E-state index in [1.807, 2.05) is 14.4 Å². The van der Waals surface area contributed by atoms with Gasteiger partial charge in [-0.3, -0.25) is 0 Å². The van der Waals surface area contributed by atoms with Crippen molar-refractivity contribution in [1.29, 1.82) is 0 Å². The van der Waals surface area contributed by atoms with E-state index in [1.165, 1.54) is 51.4 Å². The van der Waals surface area contributed by atoms with Crippen molar-refractivity contribution >= 4 is 0 Å². The Morgan fingerprint density at radius 2 is 1.06 bits per heavy atom. The van der Waals surface area contributed by atoms with Gasteiger partial charge in [-0.15, -0.1) is 0 Å². The van der Waals surface area contributed by atoms with Crippen LogP contribution in [-0.2, 0) is 14.4 Å². The standard InChI is InChI=1S/2C8H11.Ni/c2*1-2-4-6-8-7-5-3-1;/h2*1-2,7H,3-6H2;/q;;-2. The average Bonchev–Trinajstić information content (AvgIpc) is 2.24. The molecule has 0 radical (unpaired) electrons. The summed E-state index contributed by atoms with van der Waals surface area (Å²) in [6, 6.07) is 0. The zero-order chi connectivity index (χ0) is 11.8. The summed E-state index contributed by atoms with van der Waals surface area (Å²) in [7, 11) is 0. The van der Waals surface area contributed by atoms with Crippen LogP contribution in [-0.4, -0.2) is 0 Å². The summed E-state index contributed by atoms with van der Waals surface area (Å²) in [5.74, 6) is 0. The van der Waals surface area contributed by atoms with Crippen molar-refractivity contribution in [2.24, 2.45) is 0 Å². The van der Waals surface area contributed by atoms with Crippen LogP contribution in [0, 0.1) is 0 Å². The second kappa shape index (κ2) is 7.72. The zero-order valence-electron chi connectivity index (χ0n) is 10.4. The van der Waals surface area contributed by atoms with Gasteiger partial charge in [0, 0.05) is 0 Å². The van der Waals surface area contributed by atoms with Gasteiger partial charge in [-0.2, -0.15) is 0 Å². The molecule has 1 heteroatoms.